The number of halogens is 3. The molecule has 0 bridgehead atoms. The van der Waals surface area contributed by atoms with Gasteiger partial charge in [-0.2, -0.15) is 0 Å². The van der Waals surface area contributed by atoms with E-state index in [1.807, 2.05) is 6.07 Å². The van der Waals surface area contributed by atoms with Crippen LogP contribution in [0.3, 0.4) is 0 Å². The minimum atomic E-state index is -4.83. The lowest BCUT2D eigenvalue weighted by atomic mass is 9.89. The van der Waals surface area contributed by atoms with Crippen LogP contribution in [0.5, 0.6) is 5.75 Å². The first-order valence-corrected chi connectivity index (χ1v) is 12.4. The minimum absolute atomic E-state index is 0.0540. The molecular formula is C25H27F3N6O3. The zero-order valence-corrected chi connectivity index (χ0v) is 20.0. The van der Waals surface area contributed by atoms with Crippen molar-refractivity contribution in [1.82, 2.24) is 25.2 Å². The molecule has 37 heavy (non-hydrogen) atoms. The van der Waals surface area contributed by atoms with E-state index in [-0.39, 0.29) is 34.7 Å². The van der Waals surface area contributed by atoms with E-state index in [0.717, 1.165) is 54.7 Å². The molecule has 1 amide bonds. The fraction of sp³-hybridized carbons (Fsp3) is 0.480. The monoisotopic (exact) mass is 516 g/mol. The van der Waals surface area contributed by atoms with Crippen LogP contribution in [-0.2, 0) is 4.74 Å². The van der Waals surface area contributed by atoms with Crippen molar-refractivity contribution in [2.45, 2.75) is 49.6 Å². The second-order valence-corrected chi connectivity index (χ2v) is 10.0. The number of H-pyrrole nitrogens is 1. The van der Waals surface area contributed by atoms with Crippen LogP contribution in [0.15, 0.2) is 30.5 Å². The molecule has 9 nitrogen and oxygen atoms in total. The highest BCUT2D eigenvalue weighted by Gasteiger charge is 2.46. The number of anilines is 1. The van der Waals surface area contributed by atoms with Crippen LogP contribution in [0.25, 0.3) is 11.2 Å². The van der Waals surface area contributed by atoms with Gasteiger partial charge in [0.2, 0.25) is 0 Å². The van der Waals surface area contributed by atoms with Gasteiger partial charge in [-0.25, -0.2) is 9.97 Å². The molecule has 12 heteroatoms. The molecule has 1 atom stereocenters. The van der Waals surface area contributed by atoms with Crippen LogP contribution in [0.2, 0.25) is 0 Å². The van der Waals surface area contributed by atoms with Gasteiger partial charge in [0.15, 0.2) is 5.65 Å². The second-order valence-electron chi connectivity index (χ2n) is 10.0. The molecule has 4 heterocycles. The van der Waals surface area contributed by atoms with Crippen LogP contribution in [0, 0.1) is 0 Å². The molecule has 1 spiro atoms. The molecule has 3 aliphatic rings. The average Bonchev–Trinajstić information content (AvgIpc) is 3.47. The number of ether oxygens (including phenoxy) is 2. The number of carbonyl (C=O) groups is 1. The SMILES string of the molecule is Nc1cc(OC(F)(F)F)ccc1C(=O)N1CCC(c2ccnc3nc([C@H]4CNC5(CC5)CO4)[nH]c23)CC1. The fourth-order valence-electron chi connectivity index (χ4n) is 5.26. The van der Waals surface area contributed by atoms with Crippen LogP contribution < -0.4 is 15.8 Å². The number of amides is 1. The van der Waals surface area contributed by atoms with Crippen molar-refractivity contribution in [2.75, 3.05) is 32.0 Å². The first-order valence-electron chi connectivity index (χ1n) is 12.4. The largest absolute Gasteiger partial charge is 0.573 e. The van der Waals surface area contributed by atoms with E-state index >= 15 is 0 Å². The Morgan fingerprint density at radius 1 is 1.22 bits per heavy atom. The van der Waals surface area contributed by atoms with Crippen LogP contribution >= 0.6 is 0 Å². The summed E-state index contributed by atoms with van der Waals surface area (Å²) in [5.74, 6) is 0.192. The number of nitrogen functional groups attached to an aromatic ring is 1. The molecule has 3 aromatic rings. The van der Waals surface area contributed by atoms with E-state index < -0.39 is 12.1 Å². The lowest BCUT2D eigenvalue weighted by molar-refractivity contribution is -0.274. The average molecular weight is 517 g/mol. The van der Waals surface area contributed by atoms with Crippen LogP contribution in [0.1, 0.15) is 59.5 Å². The minimum Gasteiger partial charge on any atom is -0.406 e. The Balaban J connectivity index is 1.13. The van der Waals surface area contributed by atoms with E-state index in [0.29, 0.717) is 31.9 Å². The Morgan fingerprint density at radius 2 is 2.00 bits per heavy atom. The summed E-state index contributed by atoms with van der Waals surface area (Å²) < 4.78 is 47.4. The Morgan fingerprint density at radius 3 is 2.65 bits per heavy atom. The predicted molar refractivity (Wildman–Crippen MR) is 128 cm³/mol. The number of imidazole rings is 1. The normalized spacial score (nSPS) is 21.9. The summed E-state index contributed by atoms with van der Waals surface area (Å²) in [4.78, 5) is 27.3. The maximum Gasteiger partial charge on any atom is 0.573 e. The number of aromatic nitrogens is 3. The molecule has 4 N–H and O–H groups in total. The highest BCUT2D eigenvalue weighted by atomic mass is 19.4. The molecular weight excluding hydrogens is 489 g/mol. The van der Waals surface area contributed by atoms with Gasteiger partial charge in [0.1, 0.15) is 17.7 Å². The highest BCUT2D eigenvalue weighted by Crippen LogP contribution is 2.40. The summed E-state index contributed by atoms with van der Waals surface area (Å²) in [6.07, 6.45) is 0.522. The Kier molecular flexibility index (Phi) is 5.75. The Hall–Kier alpha value is -3.38. The lowest BCUT2D eigenvalue weighted by Gasteiger charge is -2.32. The number of nitrogens with zero attached hydrogens (tertiary/aromatic N) is 3. The number of aromatic amines is 1. The number of pyridine rings is 1. The first-order chi connectivity index (χ1) is 17.7. The van der Waals surface area contributed by atoms with Crippen molar-refractivity contribution in [3.8, 4) is 5.75 Å². The quantitative estimate of drug-likeness (QED) is 0.453. The summed E-state index contributed by atoms with van der Waals surface area (Å²) in [6.45, 7) is 2.38. The summed E-state index contributed by atoms with van der Waals surface area (Å²) in [5, 5.41) is 3.58. The maximum atomic E-state index is 13.0. The van der Waals surface area contributed by atoms with Gasteiger partial charge in [0, 0.05) is 43.1 Å². The highest BCUT2D eigenvalue weighted by molar-refractivity contribution is 5.99. The second kappa shape index (κ2) is 8.88. The number of carbonyl (C=O) groups excluding carboxylic acids is 1. The number of nitrogens with one attached hydrogen (secondary N) is 2. The van der Waals surface area contributed by atoms with Crippen molar-refractivity contribution in [2.24, 2.45) is 0 Å². The van der Waals surface area contributed by atoms with Gasteiger partial charge in [0.05, 0.1) is 17.7 Å². The van der Waals surface area contributed by atoms with Crippen molar-refractivity contribution in [1.29, 1.82) is 0 Å². The Bertz CT molecular complexity index is 1320. The Labute approximate surface area is 210 Å². The van der Waals surface area contributed by atoms with Crippen LogP contribution in [0.4, 0.5) is 18.9 Å². The molecule has 196 valence electrons. The predicted octanol–water partition coefficient (Wildman–Crippen LogP) is 3.65. The molecule has 2 aliphatic heterocycles. The molecule has 2 saturated heterocycles. The molecule has 1 aliphatic carbocycles. The fourth-order valence-corrected chi connectivity index (χ4v) is 5.26. The van der Waals surface area contributed by atoms with Crippen molar-refractivity contribution < 1.29 is 27.4 Å². The van der Waals surface area contributed by atoms with E-state index in [2.05, 4.69) is 20.0 Å². The molecule has 0 radical (unpaired) electrons. The molecule has 6 rings (SSSR count). The van der Waals surface area contributed by atoms with Crippen molar-refractivity contribution in [3.63, 3.8) is 0 Å². The number of rotatable bonds is 4. The van der Waals surface area contributed by atoms with Gasteiger partial charge in [-0.3, -0.25) is 4.79 Å². The molecule has 1 aromatic carbocycles. The summed E-state index contributed by atoms with van der Waals surface area (Å²) in [7, 11) is 0. The number of alkyl halides is 3. The number of hydrogen-bond donors (Lipinski definition) is 3. The van der Waals surface area contributed by atoms with Gasteiger partial charge < -0.3 is 30.4 Å². The summed E-state index contributed by atoms with van der Waals surface area (Å²) in [6, 6.07) is 5.38. The van der Waals surface area contributed by atoms with Gasteiger partial charge in [-0.15, -0.1) is 13.2 Å². The molecule has 0 unspecified atom stereocenters. The number of hydrogen-bond acceptors (Lipinski definition) is 7. The number of likely N-dealkylation sites (tertiary alicyclic amines) is 1. The maximum absolute atomic E-state index is 13.0. The van der Waals surface area contributed by atoms with Gasteiger partial charge in [-0.05, 0) is 55.4 Å². The standard InChI is InChI=1S/C25H27F3N6O3/c26-25(27,28)37-15-1-2-17(18(29)11-15)23(35)34-9-4-14(5-10-34)16-3-8-30-22-20(16)32-21(33-22)19-12-31-24(6-7-24)13-36-19/h1-3,8,11,14,19,31H,4-7,9-10,12-13,29H2,(H,30,32,33)/t19-/m1/s1. The number of nitrogens with two attached hydrogens (primary N) is 1. The topological polar surface area (TPSA) is 118 Å². The van der Waals surface area contributed by atoms with E-state index in [1.165, 1.54) is 6.07 Å². The zero-order valence-electron chi connectivity index (χ0n) is 20.0. The number of fused-ring (bicyclic) bond motifs is 1. The number of morpholine rings is 1. The van der Waals surface area contributed by atoms with Crippen molar-refractivity contribution >= 4 is 22.8 Å². The third-order valence-electron chi connectivity index (χ3n) is 7.53. The molecule has 1 saturated carbocycles. The van der Waals surface area contributed by atoms with Gasteiger partial charge in [0.25, 0.3) is 5.91 Å². The van der Waals surface area contributed by atoms with E-state index in [4.69, 9.17) is 15.5 Å². The summed E-state index contributed by atoms with van der Waals surface area (Å²) in [5.41, 5.74) is 8.80. The van der Waals surface area contributed by atoms with Gasteiger partial charge >= 0.3 is 6.36 Å². The zero-order chi connectivity index (χ0) is 25.8. The van der Waals surface area contributed by atoms with Crippen LogP contribution in [-0.4, -0.2) is 63.9 Å². The van der Waals surface area contributed by atoms with E-state index in [1.54, 1.807) is 11.1 Å². The smallest absolute Gasteiger partial charge is 0.406 e. The number of benzene rings is 1. The molecule has 2 aromatic heterocycles. The van der Waals surface area contributed by atoms with Gasteiger partial charge in [-0.1, -0.05) is 0 Å². The third-order valence-corrected chi connectivity index (χ3v) is 7.53. The van der Waals surface area contributed by atoms with Crippen molar-refractivity contribution in [3.05, 3.63) is 47.4 Å². The third kappa shape index (κ3) is 4.82. The number of piperidine rings is 1. The molecule has 3 fully saturated rings. The van der Waals surface area contributed by atoms with E-state index in [9.17, 15) is 18.0 Å². The lowest BCUT2D eigenvalue weighted by Crippen LogP contribution is -2.45. The summed E-state index contributed by atoms with van der Waals surface area (Å²) >= 11 is 0. The first kappa shape index (κ1) is 24.0.